The summed E-state index contributed by atoms with van der Waals surface area (Å²) in [7, 11) is 0. The third-order valence-corrected chi connectivity index (χ3v) is 3.23. The normalized spacial score (nSPS) is 24.2. The highest BCUT2D eigenvalue weighted by molar-refractivity contribution is 5.82. The second kappa shape index (κ2) is 6.75. The summed E-state index contributed by atoms with van der Waals surface area (Å²) in [6.45, 7) is 6.90. The summed E-state index contributed by atoms with van der Waals surface area (Å²) >= 11 is 0. The van der Waals surface area contributed by atoms with Gasteiger partial charge in [0.2, 0.25) is 0 Å². The van der Waals surface area contributed by atoms with Gasteiger partial charge in [0.15, 0.2) is 0 Å². The fourth-order valence-electron chi connectivity index (χ4n) is 2.15. The van der Waals surface area contributed by atoms with Crippen LogP contribution in [-0.4, -0.2) is 41.9 Å². The van der Waals surface area contributed by atoms with Crippen LogP contribution < -0.4 is 10.6 Å². The molecule has 0 spiro atoms. The van der Waals surface area contributed by atoms with Crippen LogP contribution in [0.1, 0.15) is 40.0 Å². The molecule has 1 aliphatic rings. The minimum absolute atomic E-state index is 0.206. The molecule has 0 aromatic rings. The SMILES string of the molecule is CC(C)C[C@H](NC(=O)NCC1(C)CCCO1)C(=O)O. The summed E-state index contributed by atoms with van der Waals surface area (Å²) in [5.74, 6) is -0.802. The van der Waals surface area contributed by atoms with Crippen LogP contribution >= 0.6 is 0 Å². The number of amides is 2. The van der Waals surface area contributed by atoms with Gasteiger partial charge in [-0.2, -0.15) is 0 Å². The molecule has 0 aromatic heterocycles. The third-order valence-electron chi connectivity index (χ3n) is 3.23. The Morgan fingerprint density at radius 2 is 2.11 bits per heavy atom. The number of carboxylic acids is 1. The van der Waals surface area contributed by atoms with E-state index in [9.17, 15) is 9.59 Å². The summed E-state index contributed by atoms with van der Waals surface area (Å²) in [6, 6.07) is -1.30. The first-order valence-corrected chi connectivity index (χ1v) is 6.73. The van der Waals surface area contributed by atoms with E-state index >= 15 is 0 Å². The molecular weight excluding hydrogens is 248 g/mol. The molecule has 2 amide bonds. The molecule has 1 fully saturated rings. The van der Waals surface area contributed by atoms with Crippen LogP contribution in [0, 0.1) is 5.92 Å². The number of carbonyl (C=O) groups excluding carboxylic acids is 1. The van der Waals surface area contributed by atoms with E-state index in [0.29, 0.717) is 19.6 Å². The van der Waals surface area contributed by atoms with Crippen molar-refractivity contribution >= 4 is 12.0 Å². The molecule has 0 radical (unpaired) electrons. The largest absolute Gasteiger partial charge is 0.480 e. The molecule has 6 heteroatoms. The molecule has 0 bridgehead atoms. The predicted molar refractivity (Wildman–Crippen MR) is 71.0 cm³/mol. The van der Waals surface area contributed by atoms with E-state index in [0.717, 1.165) is 12.8 Å². The molecular formula is C13H24N2O4. The van der Waals surface area contributed by atoms with Gasteiger partial charge < -0.3 is 20.5 Å². The Labute approximate surface area is 113 Å². The zero-order valence-electron chi connectivity index (χ0n) is 11.9. The average molecular weight is 272 g/mol. The van der Waals surface area contributed by atoms with Gasteiger partial charge in [-0.1, -0.05) is 13.8 Å². The van der Waals surface area contributed by atoms with E-state index in [1.54, 1.807) is 0 Å². The van der Waals surface area contributed by atoms with Crippen LogP contribution in [0.2, 0.25) is 0 Å². The first kappa shape index (κ1) is 15.8. The fraction of sp³-hybridized carbons (Fsp3) is 0.846. The number of carboxylic acid groups (broad SMARTS) is 1. The van der Waals surface area contributed by atoms with Gasteiger partial charge in [0.25, 0.3) is 0 Å². The van der Waals surface area contributed by atoms with Crippen molar-refractivity contribution in [1.82, 2.24) is 10.6 Å². The molecule has 0 aromatic carbocycles. The van der Waals surface area contributed by atoms with E-state index in [-0.39, 0.29) is 11.5 Å². The Bertz CT molecular complexity index is 325. The predicted octanol–water partition coefficient (Wildman–Crippen LogP) is 1.35. The minimum Gasteiger partial charge on any atom is -0.480 e. The maximum atomic E-state index is 11.7. The fourth-order valence-corrected chi connectivity index (χ4v) is 2.15. The Morgan fingerprint density at radius 3 is 2.58 bits per heavy atom. The van der Waals surface area contributed by atoms with E-state index in [1.807, 2.05) is 20.8 Å². The van der Waals surface area contributed by atoms with E-state index in [4.69, 9.17) is 9.84 Å². The number of nitrogens with one attached hydrogen (secondary N) is 2. The van der Waals surface area contributed by atoms with Gasteiger partial charge in [0.05, 0.1) is 5.60 Å². The average Bonchev–Trinajstić information content (AvgIpc) is 2.73. The first-order valence-electron chi connectivity index (χ1n) is 6.73. The lowest BCUT2D eigenvalue weighted by atomic mass is 10.0. The van der Waals surface area contributed by atoms with Crippen molar-refractivity contribution in [2.45, 2.75) is 51.7 Å². The van der Waals surface area contributed by atoms with Gasteiger partial charge in [0, 0.05) is 13.2 Å². The van der Waals surface area contributed by atoms with Crippen molar-refractivity contribution in [2.24, 2.45) is 5.92 Å². The molecule has 3 N–H and O–H groups in total. The molecule has 2 atom stereocenters. The van der Waals surface area contributed by atoms with Gasteiger partial charge in [-0.15, -0.1) is 0 Å². The molecule has 1 aliphatic heterocycles. The van der Waals surface area contributed by atoms with E-state index < -0.39 is 18.0 Å². The van der Waals surface area contributed by atoms with Crippen LogP contribution in [0.4, 0.5) is 4.79 Å². The first-order chi connectivity index (χ1) is 8.82. The molecule has 19 heavy (non-hydrogen) atoms. The standard InChI is InChI=1S/C13H24N2O4/c1-9(2)7-10(11(16)17)15-12(18)14-8-13(3)5-4-6-19-13/h9-10H,4-8H2,1-3H3,(H,16,17)(H2,14,15,18)/t10-,13?/m0/s1. The molecule has 1 heterocycles. The number of aliphatic carboxylic acids is 1. The number of ether oxygens (including phenoxy) is 1. The summed E-state index contributed by atoms with van der Waals surface area (Å²) in [6.07, 6.45) is 2.31. The Morgan fingerprint density at radius 1 is 1.42 bits per heavy atom. The third kappa shape index (κ3) is 5.46. The monoisotopic (exact) mass is 272 g/mol. The summed E-state index contributed by atoms with van der Waals surface area (Å²) in [5.41, 5.74) is -0.325. The zero-order valence-corrected chi connectivity index (χ0v) is 11.9. The van der Waals surface area contributed by atoms with Crippen LogP contribution in [0.5, 0.6) is 0 Å². The van der Waals surface area contributed by atoms with Crippen molar-refractivity contribution in [3.05, 3.63) is 0 Å². The van der Waals surface area contributed by atoms with E-state index in [1.165, 1.54) is 0 Å². The molecule has 1 saturated heterocycles. The lowest BCUT2D eigenvalue weighted by molar-refractivity contribution is -0.139. The maximum absolute atomic E-state index is 11.7. The van der Waals surface area contributed by atoms with E-state index in [2.05, 4.69) is 10.6 Å². The second-order valence-electron chi connectivity index (χ2n) is 5.75. The highest BCUT2D eigenvalue weighted by atomic mass is 16.5. The molecule has 0 saturated carbocycles. The van der Waals surface area contributed by atoms with Gasteiger partial charge in [-0.3, -0.25) is 0 Å². The summed E-state index contributed by atoms with van der Waals surface area (Å²) in [5, 5.41) is 14.2. The highest BCUT2D eigenvalue weighted by Crippen LogP contribution is 2.23. The van der Waals surface area contributed by atoms with Crippen LogP contribution in [0.3, 0.4) is 0 Å². The Balaban J connectivity index is 2.38. The minimum atomic E-state index is -1.01. The number of hydrogen-bond donors (Lipinski definition) is 3. The van der Waals surface area contributed by atoms with Gasteiger partial charge >= 0.3 is 12.0 Å². The molecule has 1 unspecified atom stereocenters. The van der Waals surface area contributed by atoms with Crippen molar-refractivity contribution in [3.63, 3.8) is 0 Å². The molecule has 0 aliphatic carbocycles. The smallest absolute Gasteiger partial charge is 0.326 e. The molecule has 6 nitrogen and oxygen atoms in total. The second-order valence-corrected chi connectivity index (χ2v) is 5.75. The van der Waals surface area contributed by atoms with Gasteiger partial charge in [-0.05, 0) is 32.1 Å². The summed E-state index contributed by atoms with van der Waals surface area (Å²) < 4.78 is 5.55. The van der Waals surface area contributed by atoms with Gasteiger partial charge in [0.1, 0.15) is 6.04 Å². The Hall–Kier alpha value is -1.30. The van der Waals surface area contributed by atoms with Crippen molar-refractivity contribution in [3.8, 4) is 0 Å². The van der Waals surface area contributed by atoms with Gasteiger partial charge in [-0.25, -0.2) is 9.59 Å². The quantitative estimate of drug-likeness (QED) is 0.681. The van der Waals surface area contributed by atoms with Crippen LogP contribution in [-0.2, 0) is 9.53 Å². The number of hydrogen-bond acceptors (Lipinski definition) is 3. The Kier molecular flexibility index (Phi) is 5.60. The molecule has 1 rings (SSSR count). The number of carbonyl (C=O) groups is 2. The zero-order chi connectivity index (χ0) is 14.5. The molecule has 110 valence electrons. The van der Waals surface area contributed by atoms with Crippen molar-refractivity contribution in [2.75, 3.05) is 13.2 Å². The highest BCUT2D eigenvalue weighted by Gasteiger charge is 2.30. The lowest BCUT2D eigenvalue weighted by Gasteiger charge is -2.24. The lowest BCUT2D eigenvalue weighted by Crippen LogP contribution is -2.50. The summed E-state index contributed by atoms with van der Waals surface area (Å²) in [4.78, 5) is 22.7. The van der Waals surface area contributed by atoms with Crippen LogP contribution in [0.25, 0.3) is 0 Å². The number of rotatable bonds is 6. The van der Waals surface area contributed by atoms with Crippen molar-refractivity contribution < 1.29 is 19.4 Å². The topological polar surface area (TPSA) is 87.7 Å². The number of urea groups is 1. The van der Waals surface area contributed by atoms with Crippen molar-refractivity contribution in [1.29, 1.82) is 0 Å². The maximum Gasteiger partial charge on any atom is 0.326 e. The van der Waals surface area contributed by atoms with Crippen LogP contribution in [0.15, 0.2) is 0 Å².